The number of nitrogens with zero attached hydrogens (tertiary/aromatic N) is 2. The van der Waals surface area contributed by atoms with Gasteiger partial charge in [-0.3, -0.25) is 4.79 Å². The number of amides is 2. The van der Waals surface area contributed by atoms with Gasteiger partial charge in [0.25, 0.3) is 0 Å². The third kappa shape index (κ3) is 8.86. The minimum atomic E-state index is -0.759. The lowest BCUT2D eigenvalue weighted by Crippen LogP contribution is -2.10. The number of carbonyl (C=O) groups excluding carboxylic acids is 2. The Hall–Kier alpha value is -3.96. The Morgan fingerprint density at radius 2 is 2.08 bits per heavy atom. The second kappa shape index (κ2) is 15.3. The fraction of sp³-hybridized carbons (Fsp3) is 0.267. The van der Waals surface area contributed by atoms with Crippen molar-refractivity contribution in [1.29, 1.82) is 0 Å². The van der Waals surface area contributed by atoms with Gasteiger partial charge in [-0.25, -0.2) is 14.2 Å². The van der Waals surface area contributed by atoms with Gasteiger partial charge in [-0.05, 0) is 49.3 Å². The van der Waals surface area contributed by atoms with Gasteiger partial charge in [-0.1, -0.05) is 62.7 Å². The normalized spacial score (nSPS) is 14.2. The lowest BCUT2D eigenvalue weighted by Gasteiger charge is -2.14. The van der Waals surface area contributed by atoms with E-state index in [2.05, 4.69) is 27.8 Å². The molecule has 2 amide bonds. The maximum Gasteiger partial charge on any atom is 0.346 e. The predicted molar refractivity (Wildman–Crippen MR) is 160 cm³/mol. The summed E-state index contributed by atoms with van der Waals surface area (Å²) in [5, 5.41) is 2.80. The molecule has 0 unspecified atom stereocenters. The number of benzene rings is 2. The Morgan fingerprint density at radius 3 is 2.76 bits per heavy atom. The van der Waals surface area contributed by atoms with Crippen LogP contribution in [0.4, 0.5) is 14.9 Å². The third-order valence-electron chi connectivity index (χ3n) is 5.06. The molecule has 38 heavy (non-hydrogen) atoms. The Kier molecular flexibility index (Phi) is 12.2. The van der Waals surface area contributed by atoms with E-state index in [1.807, 2.05) is 45.9 Å². The van der Waals surface area contributed by atoms with Gasteiger partial charge in [0.05, 0.1) is 30.0 Å². The Bertz CT molecular complexity index is 1330. The minimum absolute atomic E-state index is 0. The van der Waals surface area contributed by atoms with Crippen molar-refractivity contribution in [3.05, 3.63) is 71.6 Å². The van der Waals surface area contributed by atoms with Gasteiger partial charge < -0.3 is 10.1 Å². The molecular weight excluding hydrogens is 501 g/mol. The van der Waals surface area contributed by atoms with E-state index in [1.54, 1.807) is 12.1 Å². The molecule has 1 N–H and O–H groups in total. The topological polar surface area (TPSA) is 80.1 Å². The van der Waals surface area contributed by atoms with Crippen LogP contribution in [0.3, 0.4) is 0 Å². The highest BCUT2D eigenvalue weighted by Crippen LogP contribution is 2.33. The first-order chi connectivity index (χ1) is 18.3. The number of Topliss-reactive ketones (excluding diaryl/α,β-unsaturated/α-hetero) is 1. The number of thioether (sulfide) groups is 1. The zero-order chi connectivity index (χ0) is 28.1. The molecule has 0 fully saturated rings. The van der Waals surface area contributed by atoms with Gasteiger partial charge in [0.1, 0.15) is 22.4 Å². The van der Waals surface area contributed by atoms with Gasteiger partial charge >= 0.3 is 6.03 Å². The number of aryl methyl sites for hydroxylation is 1. The average Bonchev–Trinajstić information content (AvgIpc) is 3.09. The Balaban J connectivity index is 0.00000248. The van der Waals surface area contributed by atoms with Crippen LogP contribution in [0.5, 0.6) is 5.75 Å². The number of urea groups is 1. The molecule has 8 heteroatoms. The largest absolute Gasteiger partial charge is 0.493 e. The number of rotatable bonds is 7. The van der Waals surface area contributed by atoms with E-state index >= 15 is 0 Å². The lowest BCUT2D eigenvalue weighted by molar-refractivity contribution is -0.115. The molecule has 1 heterocycles. The molecule has 6 nitrogen and oxygen atoms in total. The number of halogens is 1. The van der Waals surface area contributed by atoms with Crippen molar-refractivity contribution >= 4 is 51.8 Å². The highest BCUT2D eigenvalue weighted by molar-refractivity contribution is 8.14. The molecule has 0 spiro atoms. The van der Waals surface area contributed by atoms with Crippen LogP contribution in [0, 0.1) is 25.1 Å². The molecule has 200 valence electrons. The summed E-state index contributed by atoms with van der Waals surface area (Å²) < 4.78 is 20.5. The van der Waals surface area contributed by atoms with Crippen molar-refractivity contribution in [2.75, 3.05) is 17.7 Å². The standard InChI is InChI=1S/C28H26FN3O3S.C2H6.H2/c1-5-11-30-19(4)20-8-9-25(24(29)15-20)31-28(34)32-27-16-21(14-22(33)17-36-27)23-13-18(3)7-10-26(23)35-12-6-2;1-2;/h1,7-11,13,15-16H,4,6,12,14,17H2,2-3H3,(H,31,34);1-2H3;1H/b30-11?,32-27-;;. The molecular formula is C30H34FN3O3S. The number of hydrogen-bond donors (Lipinski definition) is 1. The summed E-state index contributed by atoms with van der Waals surface area (Å²) in [6.07, 6.45) is 9.11. The number of aliphatic imine (C=N–C) groups is 2. The smallest absolute Gasteiger partial charge is 0.346 e. The van der Waals surface area contributed by atoms with E-state index in [-0.39, 0.29) is 25.1 Å². The third-order valence-corrected chi connectivity index (χ3v) is 6.03. The highest BCUT2D eigenvalue weighted by Gasteiger charge is 2.20. The first kappa shape index (κ1) is 30.3. The van der Waals surface area contributed by atoms with Gasteiger partial charge in [-0.15, -0.1) is 6.42 Å². The monoisotopic (exact) mass is 535 g/mol. The van der Waals surface area contributed by atoms with Crippen molar-refractivity contribution in [3.8, 4) is 18.1 Å². The van der Waals surface area contributed by atoms with Crippen LogP contribution in [0.1, 0.15) is 51.7 Å². The van der Waals surface area contributed by atoms with E-state index in [1.165, 1.54) is 18.3 Å². The second-order valence-electron chi connectivity index (χ2n) is 7.97. The summed E-state index contributed by atoms with van der Waals surface area (Å²) in [7, 11) is 0. The molecule has 1 aliphatic rings. The molecule has 0 saturated heterocycles. The Morgan fingerprint density at radius 1 is 1.32 bits per heavy atom. The summed E-state index contributed by atoms with van der Waals surface area (Å²) in [4.78, 5) is 33.1. The van der Waals surface area contributed by atoms with Gasteiger partial charge in [-0.2, -0.15) is 4.99 Å². The van der Waals surface area contributed by atoms with Crippen LogP contribution in [-0.2, 0) is 4.79 Å². The SMILES string of the molecule is C#CC=NC(=C)c1ccc(NC(=O)/N=C2/C=C(c3cc(C)ccc3OCCC)CC(=O)CS2)c(F)c1.CC.[HH]. The van der Waals surface area contributed by atoms with E-state index in [0.29, 0.717) is 34.2 Å². The number of carbonyl (C=O) groups is 2. The molecule has 0 radical (unpaired) electrons. The van der Waals surface area contributed by atoms with Gasteiger partial charge in [0.2, 0.25) is 0 Å². The van der Waals surface area contributed by atoms with E-state index < -0.39 is 11.8 Å². The average molecular weight is 536 g/mol. The second-order valence-corrected chi connectivity index (χ2v) is 8.96. The summed E-state index contributed by atoms with van der Waals surface area (Å²) in [6, 6.07) is 9.18. The van der Waals surface area contributed by atoms with Crippen molar-refractivity contribution in [2.24, 2.45) is 9.98 Å². The number of nitrogens with one attached hydrogen (secondary N) is 1. The predicted octanol–water partition coefficient (Wildman–Crippen LogP) is 7.59. The molecule has 0 saturated carbocycles. The number of allylic oxidation sites excluding steroid dienone is 1. The summed E-state index contributed by atoms with van der Waals surface area (Å²) in [6.45, 7) is 12.3. The quantitative estimate of drug-likeness (QED) is 0.293. The van der Waals surface area contributed by atoms with Crippen LogP contribution >= 0.6 is 11.8 Å². The number of hydrogen-bond acceptors (Lipinski definition) is 5. The first-order valence-corrected chi connectivity index (χ1v) is 13.2. The van der Waals surface area contributed by atoms with Crippen molar-refractivity contribution in [1.82, 2.24) is 0 Å². The van der Waals surface area contributed by atoms with Gasteiger partial charge in [0, 0.05) is 19.0 Å². The zero-order valence-corrected chi connectivity index (χ0v) is 23.0. The molecule has 0 aromatic heterocycles. The van der Waals surface area contributed by atoms with Crippen LogP contribution < -0.4 is 10.1 Å². The highest BCUT2D eigenvalue weighted by atomic mass is 32.2. The first-order valence-electron chi connectivity index (χ1n) is 12.3. The van der Waals surface area contributed by atoms with Crippen molar-refractivity contribution in [2.45, 2.75) is 40.5 Å². The van der Waals surface area contributed by atoms with Crippen LogP contribution in [0.15, 0.2) is 59.0 Å². The van der Waals surface area contributed by atoms with Crippen LogP contribution in [0.25, 0.3) is 11.3 Å². The van der Waals surface area contributed by atoms with E-state index in [4.69, 9.17) is 11.2 Å². The number of ether oxygens (including phenoxy) is 1. The maximum atomic E-state index is 14.6. The Labute approximate surface area is 229 Å². The van der Waals surface area contributed by atoms with Crippen LogP contribution in [0.2, 0.25) is 0 Å². The molecule has 1 aliphatic heterocycles. The molecule has 2 aromatic rings. The van der Waals surface area contributed by atoms with Crippen molar-refractivity contribution < 1.29 is 20.1 Å². The van der Waals surface area contributed by atoms with E-state index in [9.17, 15) is 14.0 Å². The fourth-order valence-corrected chi connectivity index (χ4v) is 4.14. The summed E-state index contributed by atoms with van der Waals surface area (Å²) in [5.74, 6) is 2.43. The number of ketones is 1. The molecule has 3 rings (SSSR count). The minimum Gasteiger partial charge on any atom is -0.493 e. The molecule has 0 atom stereocenters. The number of terminal acetylenes is 1. The molecule has 0 aliphatic carbocycles. The summed E-state index contributed by atoms with van der Waals surface area (Å²) in [5.41, 5.74) is 3.19. The van der Waals surface area contributed by atoms with Gasteiger partial charge in [0.15, 0.2) is 0 Å². The van der Waals surface area contributed by atoms with E-state index in [0.717, 1.165) is 29.3 Å². The maximum absolute atomic E-state index is 14.6. The number of anilines is 1. The van der Waals surface area contributed by atoms with Crippen LogP contribution in [-0.4, -0.2) is 35.4 Å². The van der Waals surface area contributed by atoms with Crippen molar-refractivity contribution in [3.63, 3.8) is 0 Å². The summed E-state index contributed by atoms with van der Waals surface area (Å²) >= 11 is 1.16. The molecule has 2 aromatic carbocycles. The zero-order valence-electron chi connectivity index (χ0n) is 22.1. The lowest BCUT2D eigenvalue weighted by atomic mass is 9.98. The fourth-order valence-electron chi connectivity index (χ4n) is 3.36. The molecule has 0 bridgehead atoms.